The first-order valence-corrected chi connectivity index (χ1v) is 6.43. The maximum absolute atomic E-state index is 10.9. The Morgan fingerprint density at radius 2 is 2.00 bits per heavy atom. The third-order valence-electron chi connectivity index (χ3n) is 3.71. The molecule has 92 valence electrons. The van der Waals surface area contributed by atoms with Gasteiger partial charge in [-0.25, -0.2) is 0 Å². The molecule has 1 amide bonds. The molecule has 4 nitrogen and oxygen atoms in total. The fraction of sp³-hybridized carbons (Fsp3) is 0.917. The van der Waals surface area contributed by atoms with Crippen LogP contribution < -0.4 is 11.1 Å². The molecule has 0 bridgehead atoms. The number of carbonyl (C=O) groups is 1. The number of hydrogen-bond acceptors (Lipinski definition) is 3. The van der Waals surface area contributed by atoms with Crippen molar-refractivity contribution in [2.75, 3.05) is 19.6 Å². The lowest BCUT2D eigenvalue weighted by Crippen LogP contribution is -2.49. The van der Waals surface area contributed by atoms with E-state index in [1.165, 1.54) is 32.5 Å². The molecule has 2 fully saturated rings. The van der Waals surface area contributed by atoms with E-state index in [2.05, 4.69) is 10.2 Å². The van der Waals surface area contributed by atoms with Gasteiger partial charge in [0.15, 0.2) is 0 Å². The SMILES string of the molecule is CC(NC1CCN(CC2CC2)CC1)C(N)=O. The molecule has 0 aromatic heterocycles. The van der Waals surface area contributed by atoms with Gasteiger partial charge in [0.05, 0.1) is 6.04 Å². The zero-order chi connectivity index (χ0) is 11.5. The Morgan fingerprint density at radius 1 is 1.38 bits per heavy atom. The summed E-state index contributed by atoms with van der Waals surface area (Å²) >= 11 is 0. The minimum atomic E-state index is -0.250. The number of nitrogens with one attached hydrogen (secondary N) is 1. The third-order valence-corrected chi connectivity index (χ3v) is 3.71. The van der Waals surface area contributed by atoms with Crippen LogP contribution in [0.5, 0.6) is 0 Å². The number of likely N-dealkylation sites (tertiary alicyclic amines) is 1. The molecule has 1 heterocycles. The number of rotatable bonds is 5. The van der Waals surface area contributed by atoms with E-state index in [0.717, 1.165) is 18.8 Å². The van der Waals surface area contributed by atoms with E-state index in [1.807, 2.05) is 6.92 Å². The van der Waals surface area contributed by atoms with Crippen LogP contribution >= 0.6 is 0 Å². The molecule has 1 unspecified atom stereocenters. The van der Waals surface area contributed by atoms with Gasteiger partial charge >= 0.3 is 0 Å². The summed E-state index contributed by atoms with van der Waals surface area (Å²) < 4.78 is 0. The molecule has 16 heavy (non-hydrogen) atoms. The largest absolute Gasteiger partial charge is 0.368 e. The van der Waals surface area contributed by atoms with Crippen molar-refractivity contribution < 1.29 is 4.79 Å². The molecular formula is C12H23N3O. The summed E-state index contributed by atoms with van der Waals surface area (Å²) in [7, 11) is 0. The molecule has 3 N–H and O–H groups in total. The minimum absolute atomic E-state index is 0.194. The summed E-state index contributed by atoms with van der Waals surface area (Å²) in [6.45, 7) is 5.47. The number of nitrogens with two attached hydrogens (primary N) is 1. The van der Waals surface area contributed by atoms with Crippen LogP contribution in [0.1, 0.15) is 32.6 Å². The Labute approximate surface area is 97.6 Å². The van der Waals surface area contributed by atoms with Crippen molar-refractivity contribution in [3.63, 3.8) is 0 Å². The van der Waals surface area contributed by atoms with E-state index in [0.29, 0.717) is 6.04 Å². The summed E-state index contributed by atoms with van der Waals surface area (Å²) in [5, 5.41) is 3.31. The number of nitrogens with zero attached hydrogens (tertiary/aromatic N) is 1. The molecule has 2 rings (SSSR count). The maximum atomic E-state index is 10.9. The van der Waals surface area contributed by atoms with E-state index >= 15 is 0 Å². The van der Waals surface area contributed by atoms with Crippen molar-refractivity contribution in [2.24, 2.45) is 11.7 Å². The first-order chi connectivity index (χ1) is 7.65. The van der Waals surface area contributed by atoms with Gasteiger partial charge in [0.1, 0.15) is 0 Å². The summed E-state index contributed by atoms with van der Waals surface area (Å²) in [6.07, 6.45) is 5.14. The molecule has 1 saturated heterocycles. The highest BCUT2D eigenvalue weighted by atomic mass is 16.1. The number of primary amides is 1. The van der Waals surface area contributed by atoms with Crippen LogP contribution in [0.15, 0.2) is 0 Å². The Balaban J connectivity index is 1.65. The Bertz CT molecular complexity index is 245. The topological polar surface area (TPSA) is 58.4 Å². The fourth-order valence-corrected chi connectivity index (χ4v) is 2.38. The molecule has 1 saturated carbocycles. The molecule has 2 aliphatic rings. The molecule has 0 aromatic rings. The highest BCUT2D eigenvalue weighted by Crippen LogP contribution is 2.30. The minimum Gasteiger partial charge on any atom is -0.368 e. The summed E-state index contributed by atoms with van der Waals surface area (Å²) in [6, 6.07) is 0.276. The van der Waals surface area contributed by atoms with Crippen LogP contribution in [0, 0.1) is 5.92 Å². The van der Waals surface area contributed by atoms with Crippen LogP contribution in [-0.4, -0.2) is 42.5 Å². The van der Waals surface area contributed by atoms with E-state index in [-0.39, 0.29) is 11.9 Å². The average molecular weight is 225 g/mol. The number of amides is 1. The molecule has 0 aromatic carbocycles. The Hall–Kier alpha value is -0.610. The van der Waals surface area contributed by atoms with Gasteiger partial charge in [-0.2, -0.15) is 0 Å². The molecule has 1 aliphatic carbocycles. The zero-order valence-electron chi connectivity index (χ0n) is 10.1. The number of hydrogen-bond donors (Lipinski definition) is 2. The van der Waals surface area contributed by atoms with E-state index in [1.54, 1.807) is 0 Å². The standard InChI is InChI=1S/C12H23N3O/c1-9(12(13)16)14-11-4-6-15(7-5-11)8-10-2-3-10/h9-11,14H,2-8H2,1H3,(H2,13,16). The molecule has 4 heteroatoms. The second kappa shape index (κ2) is 5.15. The van der Waals surface area contributed by atoms with Gasteiger partial charge in [-0.1, -0.05) is 0 Å². The molecule has 1 aliphatic heterocycles. The van der Waals surface area contributed by atoms with Crippen LogP contribution in [0.3, 0.4) is 0 Å². The highest BCUT2D eigenvalue weighted by Gasteiger charge is 2.27. The lowest BCUT2D eigenvalue weighted by molar-refractivity contribution is -0.119. The van der Waals surface area contributed by atoms with E-state index in [4.69, 9.17) is 5.73 Å². The van der Waals surface area contributed by atoms with Gasteiger partial charge in [-0.05, 0) is 51.6 Å². The third kappa shape index (κ3) is 3.46. The quantitative estimate of drug-likeness (QED) is 0.708. The molecule has 0 radical (unpaired) electrons. The van der Waals surface area contributed by atoms with Gasteiger partial charge in [0, 0.05) is 12.6 Å². The van der Waals surface area contributed by atoms with Crippen molar-refractivity contribution in [1.82, 2.24) is 10.2 Å². The lowest BCUT2D eigenvalue weighted by Gasteiger charge is -2.33. The van der Waals surface area contributed by atoms with Crippen molar-refractivity contribution in [2.45, 2.75) is 44.7 Å². The van der Waals surface area contributed by atoms with Crippen molar-refractivity contribution in [1.29, 1.82) is 0 Å². The highest BCUT2D eigenvalue weighted by molar-refractivity contribution is 5.79. The predicted molar refractivity (Wildman–Crippen MR) is 64.0 cm³/mol. The smallest absolute Gasteiger partial charge is 0.234 e. The fourth-order valence-electron chi connectivity index (χ4n) is 2.38. The first kappa shape index (κ1) is 11.9. The maximum Gasteiger partial charge on any atom is 0.234 e. The van der Waals surface area contributed by atoms with Gasteiger partial charge in [0.2, 0.25) is 5.91 Å². The normalized spacial score (nSPS) is 25.6. The summed E-state index contributed by atoms with van der Waals surface area (Å²) in [5.74, 6) is 0.731. The van der Waals surface area contributed by atoms with Crippen molar-refractivity contribution in [3.05, 3.63) is 0 Å². The van der Waals surface area contributed by atoms with Gasteiger partial charge in [-0.3, -0.25) is 4.79 Å². The van der Waals surface area contributed by atoms with Gasteiger partial charge < -0.3 is 16.0 Å². The second-order valence-electron chi connectivity index (χ2n) is 5.31. The molecule has 0 spiro atoms. The number of piperidine rings is 1. The average Bonchev–Trinajstić information content (AvgIpc) is 3.04. The van der Waals surface area contributed by atoms with Crippen molar-refractivity contribution in [3.8, 4) is 0 Å². The Morgan fingerprint density at radius 3 is 2.50 bits per heavy atom. The van der Waals surface area contributed by atoms with Crippen LogP contribution in [0.2, 0.25) is 0 Å². The lowest BCUT2D eigenvalue weighted by atomic mass is 10.0. The van der Waals surface area contributed by atoms with Crippen molar-refractivity contribution >= 4 is 5.91 Å². The molecule has 1 atom stereocenters. The number of carbonyl (C=O) groups excluding carboxylic acids is 1. The second-order valence-corrected chi connectivity index (χ2v) is 5.31. The van der Waals surface area contributed by atoms with E-state index in [9.17, 15) is 4.79 Å². The monoisotopic (exact) mass is 225 g/mol. The molecular weight excluding hydrogens is 202 g/mol. The summed E-state index contributed by atoms with van der Waals surface area (Å²) in [4.78, 5) is 13.5. The Kier molecular flexibility index (Phi) is 3.82. The van der Waals surface area contributed by atoms with Gasteiger partial charge in [0.25, 0.3) is 0 Å². The first-order valence-electron chi connectivity index (χ1n) is 6.43. The zero-order valence-corrected chi connectivity index (χ0v) is 10.1. The van der Waals surface area contributed by atoms with E-state index < -0.39 is 0 Å². The predicted octanol–water partition coefficient (Wildman–Crippen LogP) is 0.324. The van der Waals surface area contributed by atoms with Gasteiger partial charge in [-0.15, -0.1) is 0 Å². The van der Waals surface area contributed by atoms with Crippen LogP contribution in [0.25, 0.3) is 0 Å². The van der Waals surface area contributed by atoms with Crippen LogP contribution in [0.4, 0.5) is 0 Å². The summed E-state index contributed by atoms with van der Waals surface area (Å²) in [5.41, 5.74) is 5.24. The van der Waals surface area contributed by atoms with Crippen LogP contribution in [-0.2, 0) is 4.79 Å².